The number of carbonyl (C=O) groups excluding carboxylic acids is 3. The molecule has 3 aromatic carbocycles. The minimum Gasteiger partial charge on any atom is -0.383 e. The van der Waals surface area contributed by atoms with E-state index < -0.39 is 22.2 Å². The lowest BCUT2D eigenvalue weighted by molar-refractivity contribution is -0.383. The van der Waals surface area contributed by atoms with Gasteiger partial charge in [0, 0.05) is 49.9 Å². The molecule has 1 saturated heterocycles. The summed E-state index contributed by atoms with van der Waals surface area (Å²) in [6.45, 7) is 2.99. The van der Waals surface area contributed by atoms with E-state index in [4.69, 9.17) is 0 Å². The molecule has 3 heterocycles. The van der Waals surface area contributed by atoms with Crippen LogP contribution in [0, 0.1) is 10.1 Å². The third-order valence-electron chi connectivity index (χ3n) is 9.44. The number of hydrogen-bond donors (Lipinski definition) is 2. The van der Waals surface area contributed by atoms with Crippen molar-refractivity contribution < 1.29 is 37.1 Å². The molecule has 0 radical (unpaired) electrons. The van der Waals surface area contributed by atoms with Crippen molar-refractivity contribution in [1.82, 2.24) is 25.4 Å². The van der Waals surface area contributed by atoms with Crippen LogP contribution in [-0.2, 0) is 33.5 Å². The fraction of sp³-hybridized carbons (Fsp3) is 0.361. The smallest absolute Gasteiger partial charge is 0.383 e. The van der Waals surface area contributed by atoms with Gasteiger partial charge in [-0.15, -0.1) is 11.3 Å². The predicted octanol–water partition coefficient (Wildman–Crippen LogP) is 6.33. The highest BCUT2D eigenvalue weighted by Gasteiger charge is 2.51. The van der Waals surface area contributed by atoms with Crippen LogP contribution < -0.4 is 10.6 Å². The van der Waals surface area contributed by atoms with Gasteiger partial charge in [-0.3, -0.25) is 24.5 Å². The predicted molar refractivity (Wildman–Crippen MR) is 191 cm³/mol. The first kappa shape index (κ1) is 37.2. The number of alkyl halides is 3. The number of benzene rings is 3. The molecular formula is C36H36F3N7O6S. The third-order valence-corrected chi connectivity index (χ3v) is 10.5. The van der Waals surface area contributed by atoms with Crippen molar-refractivity contribution in [3.63, 3.8) is 0 Å². The summed E-state index contributed by atoms with van der Waals surface area (Å²) in [6, 6.07) is 15.2. The van der Waals surface area contributed by atoms with Crippen LogP contribution in [0.25, 0.3) is 21.1 Å². The van der Waals surface area contributed by atoms with Gasteiger partial charge in [0.05, 0.1) is 22.6 Å². The molecule has 1 fully saturated rings. The molecule has 1 aliphatic rings. The van der Waals surface area contributed by atoms with E-state index in [2.05, 4.69) is 25.6 Å². The van der Waals surface area contributed by atoms with Crippen molar-refractivity contribution in [1.29, 1.82) is 0 Å². The summed E-state index contributed by atoms with van der Waals surface area (Å²) in [5.41, 5.74) is -0.0510. The number of aromatic nitrogens is 2. The zero-order valence-electron chi connectivity index (χ0n) is 28.6. The van der Waals surface area contributed by atoms with E-state index in [1.807, 2.05) is 29.6 Å². The first-order chi connectivity index (χ1) is 25.3. The Labute approximate surface area is 305 Å². The molecule has 0 aliphatic carbocycles. The number of fused-ring (bicyclic) bond motifs is 2. The standard InChI is InChI=1S/C36H36F3N7O6S/c1-35(15-19-45(35)31(48)20-24-22-53-29-7-3-2-6-26(24)29)34(49)44(21-23-9-11-25(12-10-23)36(37,38)39)18-4-8-30(47)41-17-5-16-40-27-13-14-28(46(50)51)33-32(27)42-52-43-33/h2-3,6-7,9-14,22,40H,4-5,8,15-21H2,1H3,(H,41,47). The van der Waals surface area contributed by atoms with E-state index in [-0.39, 0.29) is 66.8 Å². The van der Waals surface area contributed by atoms with Gasteiger partial charge < -0.3 is 20.4 Å². The van der Waals surface area contributed by atoms with Crippen LogP contribution in [0.5, 0.6) is 0 Å². The first-order valence-electron chi connectivity index (χ1n) is 17.0. The minimum atomic E-state index is -4.50. The summed E-state index contributed by atoms with van der Waals surface area (Å²) in [5, 5.41) is 27.4. The van der Waals surface area contributed by atoms with E-state index in [9.17, 15) is 37.7 Å². The van der Waals surface area contributed by atoms with Crippen LogP contribution in [0.15, 0.2) is 70.7 Å². The molecule has 0 spiro atoms. The number of anilines is 1. The van der Waals surface area contributed by atoms with Crippen molar-refractivity contribution >= 4 is 61.6 Å². The SMILES string of the molecule is CC1(C(=O)N(CCCC(=O)NCCCNc2ccc([N+](=O)[O-])c3nonc23)Cc2ccc(C(F)(F)F)cc2)CCN1C(=O)Cc1csc2ccccc12. The maximum atomic E-state index is 14.2. The van der Waals surface area contributed by atoms with Crippen LogP contribution in [-0.4, -0.2) is 74.5 Å². The van der Waals surface area contributed by atoms with Gasteiger partial charge in [0.25, 0.3) is 0 Å². The summed E-state index contributed by atoms with van der Waals surface area (Å²) in [4.78, 5) is 54.1. The van der Waals surface area contributed by atoms with Gasteiger partial charge in [-0.25, -0.2) is 4.63 Å². The lowest BCUT2D eigenvalue weighted by atomic mass is 9.84. The van der Waals surface area contributed by atoms with E-state index in [1.165, 1.54) is 29.2 Å². The first-order valence-corrected chi connectivity index (χ1v) is 17.8. The molecular weight excluding hydrogens is 715 g/mol. The quantitative estimate of drug-likeness (QED) is 0.0708. The highest BCUT2D eigenvalue weighted by Crippen LogP contribution is 2.36. The topological polar surface area (TPSA) is 164 Å². The Morgan fingerprint density at radius 1 is 1.04 bits per heavy atom. The summed E-state index contributed by atoms with van der Waals surface area (Å²) >= 11 is 1.55. The molecule has 0 saturated carbocycles. The van der Waals surface area contributed by atoms with E-state index >= 15 is 0 Å². The van der Waals surface area contributed by atoms with Crippen LogP contribution in [0.3, 0.4) is 0 Å². The van der Waals surface area contributed by atoms with Crippen LogP contribution in [0.4, 0.5) is 24.5 Å². The maximum Gasteiger partial charge on any atom is 0.416 e. The molecule has 1 atom stereocenters. The van der Waals surface area contributed by atoms with Crippen molar-refractivity contribution in [3.05, 3.63) is 92.8 Å². The Balaban J connectivity index is 1.04. The van der Waals surface area contributed by atoms with Crippen LogP contribution >= 0.6 is 11.3 Å². The second-order valence-electron chi connectivity index (χ2n) is 13.0. The number of hydrogen-bond acceptors (Lipinski definition) is 10. The number of likely N-dealkylation sites (tertiary alicyclic amines) is 1. The Bertz CT molecular complexity index is 2140. The van der Waals surface area contributed by atoms with Crippen LogP contribution in [0.2, 0.25) is 0 Å². The molecule has 0 bridgehead atoms. The Hall–Kier alpha value is -5.58. The third kappa shape index (κ3) is 8.24. The number of nitrogens with one attached hydrogen (secondary N) is 2. The number of nitro groups is 1. The molecule has 53 heavy (non-hydrogen) atoms. The summed E-state index contributed by atoms with van der Waals surface area (Å²) in [7, 11) is 0. The fourth-order valence-corrected chi connectivity index (χ4v) is 7.39. The Morgan fingerprint density at radius 2 is 1.79 bits per heavy atom. The van der Waals surface area contributed by atoms with Crippen molar-refractivity contribution in [2.45, 2.75) is 57.3 Å². The van der Waals surface area contributed by atoms with Gasteiger partial charge in [-0.2, -0.15) is 13.2 Å². The van der Waals surface area contributed by atoms with Gasteiger partial charge in [-0.1, -0.05) is 30.3 Å². The van der Waals surface area contributed by atoms with Gasteiger partial charge in [0.15, 0.2) is 5.52 Å². The fourth-order valence-electron chi connectivity index (χ4n) is 6.42. The number of amides is 3. The molecule has 3 amide bonds. The second kappa shape index (κ2) is 15.6. The van der Waals surface area contributed by atoms with Crippen molar-refractivity contribution in [2.24, 2.45) is 0 Å². The van der Waals surface area contributed by atoms with Crippen LogP contribution in [0.1, 0.15) is 49.3 Å². The summed E-state index contributed by atoms with van der Waals surface area (Å²) < 4.78 is 45.4. The number of carbonyl (C=O) groups is 3. The molecule has 2 aromatic heterocycles. The van der Waals surface area contributed by atoms with Gasteiger partial charge >= 0.3 is 11.9 Å². The Kier molecular flexibility index (Phi) is 10.9. The second-order valence-corrected chi connectivity index (χ2v) is 13.9. The largest absolute Gasteiger partial charge is 0.416 e. The van der Waals surface area contributed by atoms with E-state index in [1.54, 1.807) is 23.2 Å². The number of thiophene rings is 1. The molecule has 278 valence electrons. The molecule has 1 unspecified atom stereocenters. The molecule has 5 aromatic rings. The number of halogens is 3. The molecule has 2 N–H and O–H groups in total. The molecule has 1 aliphatic heterocycles. The highest BCUT2D eigenvalue weighted by molar-refractivity contribution is 7.17. The number of nitrogens with zero attached hydrogens (tertiary/aromatic N) is 5. The minimum absolute atomic E-state index is 0.00794. The zero-order chi connectivity index (χ0) is 37.8. The number of non-ortho nitro benzene ring substituents is 1. The van der Waals surface area contributed by atoms with Gasteiger partial charge in [-0.05, 0) is 82.7 Å². The van der Waals surface area contributed by atoms with Gasteiger partial charge in [0.1, 0.15) is 5.54 Å². The average Bonchev–Trinajstić information content (AvgIpc) is 3.78. The lowest BCUT2D eigenvalue weighted by Gasteiger charge is -2.51. The van der Waals surface area contributed by atoms with Crippen molar-refractivity contribution in [3.8, 4) is 0 Å². The zero-order valence-corrected chi connectivity index (χ0v) is 29.5. The molecule has 6 rings (SSSR count). The number of rotatable bonds is 15. The summed E-state index contributed by atoms with van der Waals surface area (Å²) in [5.74, 6) is -0.768. The van der Waals surface area contributed by atoms with E-state index in [0.717, 1.165) is 27.8 Å². The van der Waals surface area contributed by atoms with Crippen molar-refractivity contribution in [2.75, 3.05) is 31.5 Å². The van der Waals surface area contributed by atoms with E-state index in [0.29, 0.717) is 43.7 Å². The normalized spacial score (nSPS) is 15.7. The average molecular weight is 752 g/mol. The Morgan fingerprint density at radius 3 is 2.51 bits per heavy atom. The number of nitro benzene ring substituents is 1. The van der Waals surface area contributed by atoms with Gasteiger partial charge in [0.2, 0.25) is 23.2 Å². The molecule has 13 nitrogen and oxygen atoms in total. The lowest BCUT2D eigenvalue weighted by Crippen LogP contribution is -2.68. The maximum absolute atomic E-state index is 14.2. The summed E-state index contributed by atoms with van der Waals surface area (Å²) in [6.07, 6.45) is -3.06. The highest BCUT2D eigenvalue weighted by atomic mass is 32.1. The molecule has 17 heteroatoms. The monoisotopic (exact) mass is 751 g/mol.